The summed E-state index contributed by atoms with van der Waals surface area (Å²) in [4.78, 5) is 0. The van der Waals surface area contributed by atoms with Gasteiger partial charge in [0, 0.05) is 6.42 Å². The molecule has 0 heterocycles. The van der Waals surface area contributed by atoms with Crippen molar-refractivity contribution in [3.8, 4) is 12.3 Å². The molecule has 0 saturated heterocycles. The van der Waals surface area contributed by atoms with E-state index >= 15 is 0 Å². The number of aliphatic hydroxyl groups is 1. The highest BCUT2D eigenvalue weighted by Crippen LogP contribution is 2.13. The maximum Gasteiger partial charge on any atom is 0.0563 e. The number of rotatable bonds is 5. The second-order valence-electron chi connectivity index (χ2n) is 3.05. The molecule has 64 valence electrons. The van der Waals surface area contributed by atoms with E-state index in [1.807, 2.05) is 6.92 Å². The predicted octanol–water partition coefficient (Wildman–Crippen LogP) is 2.20. The first-order chi connectivity index (χ1) is 5.22. The highest BCUT2D eigenvalue weighted by Gasteiger charge is 2.10. The van der Waals surface area contributed by atoms with Crippen LogP contribution < -0.4 is 0 Å². The first-order valence-electron chi connectivity index (χ1n) is 4.33. The SMILES string of the molecule is C#CCCCC(C)C(O)CC. The molecule has 0 aromatic rings. The van der Waals surface area contributed by atoms with Gasteiger partial charge in [0.05, 0.1) is 6.10 Å². The molecule has 0 rings (SSSR count). The summed E-state index contributed by atoms with van der Waals surface area (Å²) in [5.74, 6) is 2.99. The standard InChI is InChI=1S/C10H18O/c1-4-6-7-8-9(3)10(11)5-2/h1,9-11H,5-8H2,2-3H3. The van der Waals surface area contributed by atoms with E-state index in [-0.39, 0.29) is 6.10 Å². The van der Waals surface area contributed by atoms with Crippen LogP contribution in [0.4, 0.5) is 0 Å². The second-order valence-corrected chi connectivity index (χ2v) is 3.05. The Morgan fingerprint density at radius 1 is 1.55 bits per heavy atom. The summed E-state index contributed by atoms with van der Waals surface area (Å²) in [5, 5.41) is 9.37. The maximum absolute atomic E-state index is 9.37. The highest BCUT2D eigenvalue weighted by molar-refractivity contribution is 4.83. The van der Waals surface area contributed by atoms with Crippen LogP contribution >= 0.6 is 0 Å². The molecule has 0 aromatic heterocycles. The van der Waals surface area contributed by atoms with Crippen molar-refractivity contribution in [2.45, 2.75) is 45.6 Å². The smallest absolute Gasteiger partial charge is 0.0563 e. The van der Waals surface area contributed by atoms with Crippen molar-refractivity contribution in [2.24, 2.45) is 5.92 Å². The lowest BCUT2D eigenvalue weighted by atomic mass is 9.96. The molecule has 11 heavy (non-hydrogen) atoms. The maximum atomic E-state index is 9.37. The molecule has 2 unspecified atom stereocenters. The molecule has 2 atom stereocenters. The van der Waals surface area contributed by atoms with Crippen molar-refractivity contribution in [2.75, 3.05) is 0 Å². The molecule has 0 aromatic carbocycles. The average Bonchev–Trinajstić information content (AvgIpc) is 2.03. The van der Waals surface area contributed by atoms with Gasteiger partial charge in [-0.3, -0.25) is 0 Å². The third-order valence-electron chi connectivity index (χ3n) is 2.06. The number of hydrogen-bond acceptors (Lipinski definition) is 1. The molecule has 0 aliphatic heterocycles. The lowest BCUT2D eigenvalue weighted by molar-refractivity contribution is 0.107. The van der Waals surface area contributed by atoms with E-state index < -0.39 is 0 Å². The first kappa shape index (κ1) is 10.5. The number of hydrogen-bond donors (Lipinski definition) is 1. The van der Waals surface area contributed by atoms with E-state index in [2.05, 4.69) is 12.8 Å². The Balaban J connectivity index is 3.37. The van der Waals surface area contributed by atoms with E-state index in [1.54, 1.807) is 0 Å². The number of aliphatic hydroxyl groups excluding tert-OH is 1. The summed E-state index contributed by atoms with van der Waals surface area (Å²) in [5.41, 5.74) is 0. The van der Waals surface area contributed by atoms with Gasteiger partial charge in [0.1, 0.15) is 0 Å². The van der Waals surface area contributed by atoms with E-state index in [4.69, 9.17) is 6.42 Å². The van der Waals surface area contributed by atoms with E-state index in [9.17, 15) is 5.11 Å². The van der Waals surface area contributed by atoms with Gasteiger partial charge in [-0.2, -0.15) is 0 Å². The van der Waals surface area contributed by atoms with Gasteiger partial charge in [0.15, 0.2) is 0 Å². The van der Waals surface area contributed by atoms with Gasteiger partial charge in [-0.1, -0.05) is 13.8 Å². The Morgan fingerprint density at radius 3 is 2.64 bits per heavy atom. The third kappa shape index (κ3) is 4.86. The van der Waals surface area contributed by atoms with Crippen LogP contribution in [0.25, 0.3) is 0 Å². The highest BCUT2D eigenvalue weighted by atomic mass is 16.3. The molecular formula is C10H18O. The van der Waals surface area contributed by atoms with Crippen LogP contribution in [0.15, 0.2) is 0 Å². The average molecular weight is 154 g/mol. The fourth-order valence-corrected chi connectivity index (χ4v) is 1.12. The molecule has 1 nitrogen and oxygen atoms in total. The zero-order chi connectivity index (χ0) is 8.69. The molecule has 1 heteroatoms. The topological polar surface area (TPSA) is 20.2 Å². The van der Waals surface area contributed by atoms with E-state index in [1.165, 1.54) is 0 Å². The van der Waals surface area contributed by atoms with Gasteiger partial charge in [0.2, 0.25) is 0 Å². The number of unbranched alkanes of at least 4 members (excludes halogenated alkanes) is 1. The molecule has 0 aliphatic rings. The quantitative estimate of drug-likeness (QED) is 0.475. The second kappa shape index (κ2) is 6.24. The van der Waals surface area contributed by atoms with Gasteiger partial charge in [-0.15, -0.1) is 12.3 Å². The normalized spacial score (nSPS) is 15.5. The first-order valence-corrected chi connectivity index (χ1v) is 4.33. The fraction of sp³-hybridized carbons (Fsp3) is 0.800. The predicted molar refractivity (Wildman–Crippen MR) is 48.1 cm³/mol. The lowest BCUT2D eigenvalue weighted by Crippen LogP contribution is -2.15. The van der Waals surface area contributed by atoms with Crippen LogP contribution in [-0.4, -0.2) is 11.2 Å². The summed E-state index contributed by atoms with van der Waals surface area (Å²) < 4.78 is 0. The van der Waals surface area contributed by atoms with Gasteiger partial charge < -0.3 is 5.11 Å². The minimum absolute atomic E-state index is 0.146. The molecule has 0 amide bonds. The van der Waals surface area contributed by atoms with Crippen LogP contribution in [0.5, 0.6) is 0 Å². The van der Waals surface area contributed by atoms with Crippen molar-refractivity contribution < 1.29 is 5.11 Å². The van der Waals surface area contributed by atoms with Crippen molar-refractivity contribution in [3.63, 3.8) is 0 Å². The zero-order valence-corrected chi connectivity index (χ0v) is 7.51. The summed E-state index contributed by atoms with van der Waals surface area (Å²) in [6.07, 6.45) is 8.72. The van der Waals surface area contributed by atoms with Gasteiger partial charge >= 0.3 is 0 Å². The van der Waals surface area contributed by atoms with Gasteiger partial charge in [-0.05, 0) is 25.2 Å². The van der Waals surface area contributed by atoms with Gasteiger partial charge in [-0.25, -0.2) is 0 Å². The van der Waals surface area contributed by atoms with Crippen molar-refractivity contribution in [1.29, 1.82) is 0 Å². The molecule has 0 aliphatic carbocycles. The molecule has 0 spiro atoms. The fourth-order valence-electron chi connectivity index (χ4n) is 1.12. The van der Waals surface area contributed by atoms with E-state index in [0.29, 0.717) is 5.92 Å². The van der Waals surface area contributed by atoms with Crippen molar-refractivity contribution in [1.82, 2.24) is 0 Å². The van der Waals surface area contributed by atoms with Crippen molar-refractivity contribution >= 4 is 0 Å². The Bertz CT molecular complexity index is 123. The Hall–Kier alpha value is -0.480. The number of terminal acetylenes is 1. The summed E-state index contributed by atoms with van der Waals surface area (Å²) in [6, 6.07) is 0. The Morgan fingerprint density at radius 2 is 2.18 bits per heavy atom. The molecule has 0 bridgehead atoms. The van der Waals surface area contributed by atoms with E-state index in [0.717, 1.165) is 25.7 Å². The van der Waals surface area contributed by atoms with Crippen LogP contribution in [-0.2, 0) is 0 Å². The summed E-state index contributed by atoms with van der Waals surface area (Å²) in [7, 11) is 0. The molecular weight excluding hydrogens is 136 g/mol. The van der Waals surface area contributed by atoms with Crippen LogP contribution in [0.1, 0.15) is 39.5 Å². The zero-order valence-electron chi connectivity index (χ0n) is 7.51. The summed E-state index contributed by atoms with van der Waals surface area (Å²) in [6.45, 7) is 4.08. The Labute approximate surface area is 69.8 Å². The molecule has 0 fully saturated rings. The van der Waals surface area contributed by atoms with Gasteiger partial charge in [0.25, 0.3) is 0 Å². The van der Waals surface area contributed by atoms with Crippen LogP contribution in [0.3, 0.4) is 0 Å². The van der Waals surface area contributed by atoms with Crippen molar-refractivity contribution in [3.05, 3.63) is 0 Å². The largest absolute Gasteiger partial charge is 0.393 e. The monoisotopic (exact) mass is 154 g/mol. The van der Waals surface area contributed by atoms with Crippen LogP contribution in [0, 0.1) is 18.3 Å². The minimum Gasteiger partial charge on any atom is -0.393 e. The lowest BCUT2D eigenvalue weighted by Gasteiger charge is -2.15. The minimum atomic E-state index is -0.146. The molecule has 1 N–H and O–H groups in total. The Kier molecular flexibility index (Phi) is 5.97. The molecule has 0 saturated carbocycles. The molecule has 0 radical (unpaired) electrons. The third-order valence-corrected chi connectivity index (χ3v) is 2.06. The summed E-state index contributed by atoms with van der Waals surface area (Å²) >= 11 is 0. The van der Waals surface area contributed by atoms with Crippen LogP contribution in [0.2, 0.25) is 0 Å².